The first-order chi connectivity index (χ1) is 7.59. The number of alkyl halides is 1. The summed E-state index contributed by atoms with van der Waals surface area (Å²) in [5, 5.41) is 4.41. The molecule has 2 nitrogen and oxygen atoms in total. The summed E-state index contributed by atoms with van der Waals surface area (Å²) in [7, 11) is 0. The van der Waals surface area contributed by atoms with Crippen LogP contribution < -0.4 is 0 Å². The van der Waals surface area contributed by atoms with Crippen molar-refractivity contribution in [3.63, 3.8) is 0 Å². The highest BCUT2D eigenvalue weighted by molar-refractivity contribution is 9.10. The molecule has 0 amide bonds. The number of halogens is 2. The number of hydrogen-bond acceptors (Lipinski definition) is 1. The molecule has 0 N–H and O–H groups in total. The Bertz CT molecular complexity index is 356. The van der Waals surface area contributed by atoms with Crippen molar-refractivity contribution in [2.24, 2.45) is 5.92 Å². The fraction of sp³-hybridized carbons (Fsp3) is 0.750. The van der Waals surface area contributed by atoms with Crippen molar-refractivity contribution < 1.29 is 0 Å². The minimum atomic E-state index is 0.441. The molecule has 2 rings (SSSR count). The quantitative estimate of drug-likeness (QED) is 0.723. The normalized spacial score (nSPS) is 18.1. The Balaban J connectivity index is 1.99. The molecule has 1 unspecified atom stereocenters. The Morgan fingerprint density at radius 3 is 2.75 bits per heavy atom. The van der Waals surface area contributed by atoms with E-state index in [2.05, 4.69) is 55.5 Å². The molecule has 1 heterocycles. The summed E-state index contributed by atoms with van der Waals surface area (Å²) in [4.78, 5) is 0.690. The molecule has 0 saturated heterocycles. The lowest BCUT2D eigenvalue weighted by atomic mass is 10.1. The molecule has 1 aliphatic rings. The first kappa shape index (κ1) is 12.6. The minimum absolute atomic E-state index is 0.441. The Kier molecular flexibility index (Phi) is 4.11. The molecule has 90 valence electrons. The standard InChI is InChI=1S/C12H18Br2N2/c1-8(2)16-12(11(14)7-15-16)6-5-10(13)9-3-4-9/h7-10H,3-6H2,1-2H3. The van der Waals surface area contributed by atoms with E-state index in [0.29, 0.717) is 10.9 Å². The van der Waals surface area contributed by atoms with Gasteiger partial charge in [0, 0.05) is 10.9 Å². The van der Waals surface area contributed by atoms with Crippen molar-refractivity contribution in [1.82, 2.24) is 9.78 Å². The van der Waals surface area contributed by atoms with E-state index in [0.717, 1.165) is 16.8 Å². The van der Waals surface area contributed by atoms with Crippen LogP contribution in [0, 0.1) is 5.92 Å². The Morgan fingerprint density at radius 2 is 2.19 bits per heavy atom. The maximum atomic E-state index is 4.41. The molecule has 16 heavy (non-hydrogen) atoms. The molecular formula is C12H18Br2N2. The average Bonchev–Trinajstić information content (AvgIpc) is 3.00. The van der Waals surface area contributed by atoms with Gasteiger partial charge in [-0.25, -0.2) is 0 Å². The lowest BCUT2D eigenvalue weighted by Crippen LogP contribution is -2.10. The molecule has 1 aliphatic carbocycles. The second kappa shape index (κ2) is 5.21. The van der Waals surface area contributed by atoms with Crippen molar-refractivity contribution in [2.45, 2.75) is 50.4 Å². The fourth-order valence-corrected chi connectivity index (χ4v) is 3.24. The van der Waals surface area contributed by atoms with Crippen molar-refractivity contribution in [1.29, 1.82) is 0 Å². The van der Waals surface area contributed by atoms with Gasteiger partial charge in [0.2, 0.25) is 0 Å². The van der Waals surface area contributed by atoms with Gasteiger partial charge in [-0.2, -0.15) is 5.10 Å². The van der Waals surface area contributed by atoms with Gasteiger partial charge < -0.3 is 0 Å². The molecule has 0 radical (unpaired) electrons. The summed E-state index contributed by atoms with van der Waals surface area (Å²) in [6.07, 6.45) is 7.03. The number of nitrogens with zero attached hydrogens (tertiary/aromatic N) is 2. The summed E-state index contributed by atoms with van der Waals surface area (Å²) in [5.41, 5.74) is 1.33. The van der Waals surface area contributed by atoms with Gasteiger partial charge in [0.25, 0.3) is 0 Å². The van der Waals surface area contributed by atoms with Crippen LogP contribution in [0.5, 0.6) is 0 Å². The van der Waals surface area contributed by atoms with Gasteiger partial charge in [-0.05, 0) is 61.4 Å². The maximum Gasteiger partial charge on any atom is 0.0635 e. The first-order valence-corrected chi connectivity index (χ1v) is 7.66. The Morgan fingerprint density at radius 1 is 1.50 bits per heavy atom. The Hall–Kier alpha value is 0.170. The second-order valence-corrected chi connectivity index (χ2v) is 6.90. The molecule has 1 aromatic heterocycles. The topological polar surface area (TPSA) is 17.8 Å². The van der Waals surface area contributed by atoms with Crippen molar-refractivity contribution >= 4 is 31.9 Å². The van der Waals surface area contributed by atoms with E-state index in [-0.39, 0.29) is 0 Å². The van der Waals surface area contributed by atoms with Crippen LogP contribution in [0.15, 0.2) is 10.7 Å². The van der Waals surface area contributed by atoms with Crippen LogP contribution in [-0.2, 0) is 6.42 Å². The lowest BCUT2D eigenvalue weighted by Gasteiger charge is -2.13. The highest BCUT2D eigenvalue weighted by Gasteiger charge is 2.29. The van der Waals surface area contributed by atoms with Gasteiger partial charge in [-0.15, -0.1) is 0 Å². The van der Waals surface area contributed by atoms with E-state index >= 15 is 0 Å². The zero-order valence-electron chi connectivity index (χ0n) is 9.79. The molecule has 4 heteroatoms. The van der Waals surface area contributed by atoms with Crippen LogP contribution in [0.2, 0.25) is 0 Å². The largest absolute Gasteiger partial charge is 0.266 e. The van der Waals surface area contributed by atoms with Crippen LogP contribution in [0.1, 0.15) is 44.8 Å². The molecular weight excluding hydrogens is 332 g/mol. The minimum Gasteiger partial charge on any atom is -0.266 e. The molecule has 1 atom stereocenters. The molecule has 1 fully saturated rings. The predicted molar refractivity (Wildman–Crippen MR) is 74.1 cm³/mol. The average molecular weight is 350 g/mol. The van der Waals surface area contributed by atoms with Gasteiger partial charge >= 0.3 is 0 Å². The summed E-state index contributed by atoms with van der Waals surface area (Å²) in [6.45, 7) is 4.35. The van der Waals surface area contributed by atoms with Crippen molar-refractivity contribution in [3.05, 3.63) is 16.4 Å². The number of aromatic nitrogens is 2. The van der Waals surface area contributed by atoms with E-state index in [1.54, 1.807) is 0 Å². The number of rotatable bonds is 5. The second-order valence-electron chi connectivity index (χ2n) is 4.87. The van der Waals surface area contributed by atoms with E-state index in [9.17, 15) is 0 Å². The molecule has 0 aromatic carbocycles. The zero-order chi connectivity index (χ0) is 11.7. The summed E-state index contributed by atoms with van der Waals surface area (Å²) >= 11 is 7.38. The molecule has 0 spiro atoms. The SMILES string of the molecule is CC(C)n1ncc(Br)c1CCC(Br)C1CC1. The van der Waals surface area contributed by atoms with Gasteiger partial charge in [-0.1, -0.05) is 15.9 Å². The predicted octanol–water partition coefficient (Wildman–Crippen LogP) is 4.33. The third-order valence-corrected chi connectivity index (χ3v) is 5.00. The summed E-state index contributed by atoms with van der Waals surface area (Å²) in [6, 6.07) is 0.441. The fourth-order valence-electron chi connectivity index (χ4n) is 2.01. The van der Waals surface area contributed by atoms with Crippen LogP contribution in [0.3, 0.4) is 0 Å². The van der Waals surface area contributed by atoms with Crippen molar-refractivity contribution in [2.75, 3.05) is 0 Å². The van der Waals surface area contributed by atoms with Crippen molar-refractivity contribution in [3.8, 4) is 0 Å². The smallest absolute Gasteiger partial charge is 0.0635 e. The zero-order valence-corrected chi connectivity index (χ0v) is 13.0. The first-order valence-electron chi connectivity index (χ1n) is 5.95. The van der Waals surface area contributed by atoms with Gasteiger partial charge in [0.1, 0.15) is 0 Å². The van der Waals surface area contributed by atoms with Crippen LogP contribution in [0.25, 0.3) is 0 Å². The highest BCUT2D eigenvalue weighted by Crippen LogP contribution is 2.39. The van der Waals surface area contributed by atoms with Gasteiger partial charge in [-0.3, -0.25) is 4.68 Å². The Labute approximate surface area is 114 Å². The monoisotopic (exact) mass is 348 g/mol. The third-order valence-electron chi connectivity index (χ3n) is 3.13. The molecule has 0 aliphatic heterocycles. The van der Waals surface area contributed by atoms with E-state index in [1.807, 2.05) is 6.20 Å². The van der Waals surface area contributed by atoms with E-state index in [4.69, 9.17) is 0 Å². The van der Waals surface area contributed by atoms with Crippen LogP contribution in [-0.4, -0.2) is 14.6 Å². The van der Waals surface area contributed by atoms with Gasteiger partial charge in [0.15, 0.2) is 0 Å². The summed E-state index contributed by atoms with van der Waals surface area (Å²) in [5.74, 6) is 0.925. The summed E-state index contributed by atoms with van der Waals surface area (Å²) < 4.78 is 3.27. The molecule has 0 bridgehead atoms. The highest BCUT2D eigenvalue weighted by atomic mass is 79.9. The van der Waals surface area contributed by atoms with Crippen LogP contribution in [0.4, 0.5) is 0 Å². The lowest BCUT2D eigenvalue weighted by molar-refractivity contribution is 0.502. The third kappa shape index (κ3) is 2.89. The van der Waals surface area contributed by atoms with E-state index < -0.39 is 0 Å². The maximum absolute atomic E-state index is 4.41. The molecule has 1 aromatic rings. The van der Waals surface area contributed by atoms with Gasteiger partial charge in [0.05, 0.1) is 16.4 Å². The molecule has 1 saturated carbocycles. The van der Waals surface area contributed by atoms with E-state index in [1.165, 1.54) is 25.0 Å². The van der Waals surface area contributed by atoms with Crippen LogP contribution >= 0.6 is 31.9 Å². The number of hydrogen-bond donors (Lipinski definition) is 0.